The molecule has 0 saturated carbocycles. The molecule has 0 aromatic heterocycles. The lowest BCUT2D eigenvalue weighted by molar-refractivity contribution is 0.440. The molecule has 0 unspecified atom stereocenters. The summed E-state index contributed by atoms with van der Waals surface area (Å²) in [5.41, 5.74) is 2.61. The highest BCUT2D eigenvalue weighted by Crippen LogP contribution is 2.22. The van der Waals surface area contributed by atoms with E-state index in [1.165, 1.54) is 11.1 Å². The number of halogens is 1. The maximum atomic E-state index is 12.4. The fourth-order valence-corrected chi connectivity index (χ4v) is 4.36. The average Bonchev–Trinajstić information content (AvgIpc) is 2.74. The fraction of sp³-hybridized carbons (Fsp3) is 0.318. The van der Waals surface area contributed by atoms with E-state index in [0.29, 0.717) is 4.90 Å². The van der Waals surface area contributed by atoms with Gasteiger partial charge in [0, 0.05) is 19.6 Å². The van der Waals surface area contributed by atoms with Crippen LogP contribution in [-0.2, 0) is 9.84 Å². The molecule has 3 rings (SSSR count). The van der Waals surface area contributed by atoms with E-state index < -0.39 is 9.84 Å². The van der Waals surface area contributed by atoms with E-state index >= 15 is 0 Å². The normalized spacial score (nSPS) is 14.7. The number of nitrogens with zero attached hydrogens (tertiary/aromatic N) is 2. The molecule has 5 nitrogen and oxygen atoms in total. The first-order chi connectivity index (χ1) is 13.6. The van der Waals surface area contributed by atoms with Gasteiger partial charge in [0.2, 0.25) is 0 Å². The van der Waals surface area contributed by atoms with Gasteiger partial charge in [-0.3, -0.25) is 4.99 Å². The van der Waals surface area contributed by atoms with Gasteiger partial charge in [0.05, 0.1) is 17.2 Å². The molecule has 0 amide bonds. The zero-order valence-corrected chi connectivity index (χ0v) is 19.8. The summed E-state index contributed by atoms with van der Waals surface area (Å²) < 4.78 is 24.9. The van der Waals surface area contributed by atoms with Crippen molar-refractivity contribution in [3.8, 4) is 0 Å². The Bertz CT molecular complexity index is 929. The van der Waals surface area contributed by atoms with Crippen molar-refractivity contribution in [2.75, 3.05) is 31.9 Å². The summed E-state index contributed by atoms with van der Waals surface area (Å²) in [6, 6.07) is 19.0. The molecule has 0 spiro atoms. The Morgan fingerprint density at radius 1 is 1.07 bits per heavy atom. The van der Waals surface area contributed by atoms with Crippen LogP contribution in [0.2, 0.25) is 0 Å². The first-order valence-electron chi connectivity index (χ1n) is 9.65. The van der Waals surface area contributed by atoms with Gasteiger partial charge in [-0.05, 0) is 36.6 Å². The van der Waals surface area contributed by atoms with E-state index in [9.17, 15) is 8.42 Å². The molecule has 156 valence electrons. The summed E-state index contributed by atoms with van der Waals surface area (Å²) >= 11 is 0. The van der Waals surface area contributed by atoms with Crippen molar-refractivity contribution < 1.29 is 8.42 Å². The second kappa shape index (κ2) is 11.3. The maximum Gasteiger partial charge on any atom is 0.194 e. The molecule has 0 bridgehead atoms. The SMILES string of the molecule is CCNC(=NCCS(=O)(=O)c1ccccc1)N1CC=C(c2ccccc2)CC1.I. The van der Waals surface area contributed by atoms with E-state index in [-0.39, 0.29) is 36.3 Å². The minimum Gasteiger partial charge on any atom is -0.357 e. The van der Waals surface area contributed by atoms with Crippen molar-refractivity contribution in [1.82, 2.24) is 10.2 Å². The molecule has 7 heteroatoms. The molecule has 0 aliphatic carbocycles. The standard InChI is InChI=1S/C22H27N3O2S.HI/c1-2-23-22(24-15-18-28(26,27)21-11-7-4-8-12-21)25-16-13-20(14-17-25)19-9-5-3-6-10-19;/h3-13H,2,14-18H2,1H3,(H,23,24);1H. The van der Waals surface area contributed by atoms with Gasteiger partial charge in [0.25, 0.3) is 0 Å². The van der Waals surface area contributed by atoms with E-state index in [1.54, 1.807) is 24.3 Å². The topological polar surface area (TPSA) is 61.8 Å². The van der Waals surface area contributed by atoms with Crippen LogP contribution in [0.25, 0.3) is 5.57 Å². The fourth-order valence-electron chi connectivity index (χ4n) is 3.22. The van der Waals surface area contributed by atoms with Crippen LogP contribution in [-0.4, -0.2) is 51.2 Å². The third-order valence-electron chi connectivity index (χ3n) is 4.71. The van der Waals surface area contributed by atoms with Gasteiger partial charge in [-0.25, -0.2) is 8.42 Å². The van der Waals surface area contributed by atoms with Gasteiger partial charge in [0.15, 0.2) is 15.8 Å². The smallest absolute Gasteiger partial charge is 0.194 e. The number of hydrogen-bond donors (Lipinski definition) is 1. The molecule has 1 heterocycles. The Kier molecular flexibility index (Phi) is 9.16. The first-order valence-corrected chi connectivity index (χ1v) is 11.3. The van der Waals surface area contributed by atoms with Crippen LogP contribution in [0, 0.1) is 0 Å². The third-order valence-corrected chi connectivity index (χ3v) is 6.42. The van der Waals surface area contributed by atoms with Crippen LogP contribution in [0.15, 0.2) is 76.6 Å². The number of aliphatic imine (C=N–C) groups is 1. The van der Waals surface area contributed by atoms with E-state index in [0.717, 1.165) is 32.0 Å². The average molecular weight is 525 g/mol. The summed E-state index contributed by atoms with van der Waals surface area (Å²) in [6.07, 6.45) is 3.17. The predicted molar refractivity (Wildman–Crippen MR) is 130 cm³/mol. The minimum absolute atomic E-state index is 0. The van der Waals surface area contributed by atoms with Gasteiger partial charge in [-0.2, -0.15) is 0 Å². The Hall–Kier alpha value is -1.87. The number of sulfone groups is 1. The monoisotopic (exact) mass is 525 g/mol. The number of hydrogen-bond acceptors (Lipinski definition) is 3. The summed E-state index contributed by atoms with van der Waals surface area (Å²) in [6.45, 7) is 4.63. The van der Waals surface area contributed by atoms with Gasteiger partial charge < -0.3 is 10.2 Å². The summed E-state index contributed by atoms with van der Waals surface area (Å²) in [7, 11) is -3.31. The lowest BCUT2D eigenvalue weighted by atomic mass is 10.00. The lowest BCUT2D eigenvalue weighted by Gasteiger charge is -2.29. The van der Waals surface area contributed by atoms with E-state index in [2.05, 4.69) is 45.6 Å². The molecule has 1 aliphatic rings. The second-order valence-electron chi connectivity index (χ2n) is 6.66. The molecular formula is C22H28IN3O2S. The van der Waals surface area contributed by atoms with Crippen LogP contribution in [0.3, 0.4) is 0 Å². The summed E-state index contributed by atoms with van der Waals surface area (Å²) in [4.78, 5) is 7.09. The van der Waals surface area contributed by atoms with Crippen molar-refractivity contribution in [2.24, 2.45) is 4.99 Å². The molecule has 0 fully saturated rings. The number of nitrogens with one attached hydrogen (secondary N) is 1. The number of rotatable bonds is 6. The Labute approximate surface area is 190 Å². The molecule has 2 aromatic carbocycles. The van der Waals surface area contributed by atoms with Crippen molar-refractivity contribution in [3.05, 3.63) is 72.3 Å². The van der Waals surface area contributed by atoms with Crippen LogP contribution < -0.4 is 5.32 Å². The van der Waals surface area contributed by atoms with Gasteiger partial charge >= 0.3 is 0 Å². The molecule has 0 radical (unpaired) electrons. The van der Waals surface area contributed by atoms with Crippen molar-refractivity contribution >= 4 is 45.3 Å². The van der Waals surface area contributed by atoms with Crippen LogP contribution in [0.4, 0.5) is 0 Å². The highest BCUT2D eigenvalue weighted by Gasteiger charge is 2.17. The van der Waals surface area contributed by atoms with E-state index in [1.807, 2.05) is 19.1 Å². The van der Waals surface area contributed by atoms with Gasteiger partial charge in [-0.1, -0.05) is 54.6 Å². The molecule has 1 N–H and O–H groups in total. The molecule has 0 saturated heterocycles. The maximum absolute atomic E-state index is 12.4. The van der Waals surface area contributed by atoms with Crippen LogP contribution in [0.1, 0.15) is 18.9 Å². The summed E-state index contributed by atoms with van der Waals surface area (Å²) in [5, 5.41) is 3.28. The zero-order valence-electron chi connectivity index (χ0n) is 16.6. The molecule has 29 heavy (non-hydrogen) atoms. The first kappa shape index (κ1) is 23.4. The Balaban J connectivity index is 0.00000300. The minimum atomic E-state index is -3.31. The van der Waals surface area contributed by atoms with Crippen molar-refractivity contribution in [3.63, 3.8) is 0 Å². The van der Waals surface area contributed by atoms with E-state index in [4.69, 9.17) is 0 Å². The number of guanidine groups is 1. The quantitative estimate of drug-likeness (QED) is 0.354. The highest BCUT2D eigenvalue weighted by molar-refractivity contribution is 14.0. The van der Waals surface area contributed by atoms with Crippen LogP contribution >= 0.6 is 24.0 Å². The van der Waals surface area contributed by atoms with Crippen LogP contribution in [0.5, 0.6) is 0 Å². The van der Waals surface area contributed by atoms with Gasteiger partial charge in [0.1, 0.15) is 0 Å². The van der Waals surface area contributed by atoms with Gasteiger partial charge in [-0.15, -0.1) is 24.0 Å². The highest BCUT2D eigenvalue weighted by atomic mass is 127. The largest absolute Gasteiger partial charge is 0.357 e. The number of benzene rings is 2. The lowest BCUT2D eigenvalue weighted by Crippen LogP contribution is -2.43. The Morgan fingerprint density at radius 2 is 1.72 bits per heavy atom. The molecule has 1 aliphatic heterocycles. The Morgan fingerprint density at radius 3 is 2.31 bits per heavy atom. The molecule has 0 atom stereocenters. The van der Waals surface area contributed by atoms with Crippen molar-refractivity contribution in [1.29, 1.82) is 0 Å². The van der Waals surface area contributed by atoms with Crippen molar-refractivity contribution in [2.45, 2.75) is 18.2 Å². The zero-order chi connectivity index (χ0) is 19.8. The third kappa shape index (κ3) is 6.57. The molecular weight excluding hydrogens is 497 g/mol. The summed E-state index contributed by atoms with van der Waals surface area (Å²) in [5.74, 6) is 0.777. The second-order valence-corrected chi connectivity index (χ2v) is 8.77. The predicted octanol–water partition coefficient (Wildman–Crippen LogP) is 3.83. The molecule has 2 aromatic rings.